The van der Waals surface area contributed by atoms with Gasteiger partial charge >= 0.3 is 0 Å². The number of hydrogen-bond donors (Lipinski definition) is 0. The molecule has 1 heteroatoms. The zero-order chi connectivity index (χ0) is 9.56. The topological polar surface area (TPSA) is 3.24 Å². The highest BCUT2D eigenvalue weighted by Gasteiger charge is 2.02. The summed E-state index contributed by atoms with van der Waals surface area (Å²) in [5.74, 6) is 2.48. The predicted octanol–water partition coefficient (Wildman–Crippen LogP) is 2.42. The van der Waals surface area contributed by atoms with E-state index in [1.807, 2.05) is 19.1 Å². The van der Waals surface area contributed by atoms with Crippen LogP contribution in [0.4, 0.5) is 0 Å². The number of allylic oxidation sites excluding steroid dienone is 3. The molecule has 0 atom stereocenters. The lowest BCUT2D eigenvalue weighted by molar-refractivity contribution is 0.354. The summed E-state index contributed by atoms with van der Waals surface area (Å²) in [5, 5.41) is 0. The molecule has 0 aliphatic carbocycles. The Morgan fingerprint density at radius 3 is 2.42 bits per heavy atom. The zero-order valence-electron chi connectivity index (χ0n) is 8.33. The van der Waals surface area contributed by atoms with Gasteiger partial charge in [0.1, 0.15) is 0 Å². The highest BCUT2D eigenvalue weighted by Crippen LogP contribution is 2.07. The Hall–Kier alpha value is -1.16. The molecule has 0 aromatic carbocycles. The van der Waals surface area contributed by atoms with Crippen LogP contribution in [-0.4, -0.2) is 18.0 Å². The van der Waals surface area contributed by atoms with E-state index in [4.69, 9.17) is 6.42 Å². The van der Waals surface area contributed by atoms with Crippen molar-refractivity contribution < 1.29 is 0 Å². The molecule has 0 saturated carbocycles. The van der Waals surface area contributed by atoms with Gasteiger partial charge in [0, 0.05) is 18.8 Å². The fraction of sp³-hybridized carbons (Fsp3) is 0.455. The number of hydrogen-bond acceptors (Lipinski definition) is 1. The van der Waals surface area contributed by atoms with Gasteiger partial charge in [-0.1, -0.05) is 12.0 Å². The molecule has 0 fully saturated rings. The fourth-order valence-corrected chi connectivity index (χ4v) is 0.849. The van der Waals surface area contributed by atoms with E-state index in [9.17, 15) is 0 Å². The number of nitrogens with zero attached hydrogens (tertiary/aromatic N) is 1. The van der Waals surface area contributed by atoms with Crippen molar-refractivity contribution in [2.24, 2.45) is 0 Å². The first-order chi connectivity index (χ1) is 5.63. The Balaban J connectivity index is 4.39. The first-order valence-electron chi connectivity index (χ1n) is 4.15. The van der Waals surface area contributed by atoms with Crippen molar-refractivity contribution in [1.29, 1.82) is 0 Å². The summed E-state index contributed by atoms with van der Waals surface area (Å²) in [6.07, 6.45) is 10.8. The van der Waals surface area contributed by atoms with Crippen molar-refractivity contribution >= 4 is 0 Å². The summed E-state index contributed by atoms with van der Waals surface area (Å²) < 4.78 is 0. The molecule has 0 spiro atoms. The first-order valence-corrected chi connectivity index (χ1v) is 4.15. The summed E-state index contributed by atoms with van der Waals surface area (Å²) in [7, 11) is 2.06. The van der Waals surface area contributed by atoms with Gasteiger partial charge in [-0.05, 0) is 32.9 Å². The smallest absolute Gasteiger partial charge is 0.0328 e. The van der Waals surface area contributed by atoms with Gasteiger partial charge in [-0.25, -0.2) is 0 Å². The second-order valence-corrected chi connectivity index (χ2v) is 2.92. The molecule has 0 aromatic rings. The number of rotatable bonds is 3. The van der Waals surface area contributed by atoms with Crippen LogP contribution in [0.25, 0.3) is 0 Å². The quantitative estimate of drug-likeness (QED) is 0.456. The maximum Gasteiger partial charge on any atom is 0.0328 e. The van der Waals surface area contributed by atoms with Gasteiger partial charge in [0.2, 0.25) is 0 Å². The molecule has 0 radical (unpaired) electrons. The zero-order valence-corrected chi connectivity index (χ0v) is 8.33. The third-order valence-corrected chi connectivity index (χ3v) is 1.83. The SMILES string of the molecule is C#C/C=C\C(=C/C)N(C)C(C)C. The minimum Gasteiger partial charge on any atom is -0.372 e. The third kappa shape index (κ3) is 3.30. The summed E-state index contributed by atoms with van der Waals surface area (Å²) in [4.78, 5) is 2.17. The Kier molecular flexibility index (Phi) is 4.96. The standard InChI is InChI=1S/C11H17N/c1-6-8-9-11(7-2)12(5)10(3)4/h1,7-10H,2-5H3/b9-8-,11-7+. The summed E-state index contributed by atoms with van der Waals surface area (Å²) in [6, 6.07) is 0.499. The maximum absolute atomic E-state index is 5.13. The highest BCUT2D eigenvalue weighted by atomic mass is 15.1. The second-order valence-electron chi connectivity index (χ2n) is 2.92. The molecule has 1 nitrogen and oxygen atoms in total. The number of terminal acetylenes is 1. The molecule has 0 bridgehead atoms. The Labute approximate surface area is 75.8 Å². The van der Waals surface area contributed by atoms with Gasteiger partial charge in [0.15, 0.2) is 0 Å². The van der Waals surface area contributed by atoms with E-state index in [0.717, 1.165) is 5.70 Å². The van der Waals surface area contributed by atoms with Gasteiger partial charge in [-0.3, -0.25) is 0 Å². The van der Waals surface area contributed by atoms with E-state index in [-0.39, 0.29) is 0 Å². The minimum absolute atomic E-state index is 0.499. The average molecular weight is 163 g/mol. The monoisotopic (exact) mass is 163 g/mol. The lowest BCUT2D eigenvalue weighted by atomic mass is 10.2. The molecular weight excluding hydrogens is 146 g/mol. The second kappa shape index (κ2) is 5.49. The first kappa shape index (κ1) is 10.8. The van der Waals surface area contributed by atoms with Gasteiger partial charge < -0.3 is 4.90 Å². The molecule has 0 unspecified atom stereocenters. The lowest BCUT2D eigenvalue weighted by Crippen LogP contribution is -2.24. The van der Waals surface area contributed by atoms with Crippen molar-refractivity contribution in [3.63, 3.8) is 0 Å². The van der Waals surface area contributed by atoms with Gasteiger partial charge in [-0.15, -0.1) is 6.42 Å². The van der Waals surface area contributed by atoms with Gasteiger partial charge in [-0.2, -0.15) is 0 Å². The highest BCUT2D eigenvalue weighted by molar-refractivity contribution is 5.23. The van der Waals surface area contributed by atoms with Crippen molar-refractivity contribution in [3.05, 3.63) is 23.9 Å². The molecule has 0 N–H and O–H groups in total. The summed E-state index contributed by atoms with van der Waals surface area (Å²) in [6.45, 7) is 6.30. The average Bonchev–Trinajstić information content (AvgIpc) is 2.05. The molecule has 0 rings (SSSR count). The van der Waals surface area contributed by atoms with Crippen LogP contribution in [-0.2, 0) is 0 Å². The molecule has 0 amide bonds. The molecule has 66 valence electrons. The van der Waals surface area contributed by atoms with Crippen molar-refractivity contribution in [2.45, 2.75) is 26.8 Å². The lowest BCUT2D eigenvalue weighted by Gasteiger charge is -2.24. The summed E-state index contributed by atoms with van der Waals surface area (Å²) >= 11 is 0. The van der Waals surface area contributed by atoms with E-state index in [1.54, 1.807) is 6.08 Å². The van der Waals surface area contributed by atoms with Gasteiger partial charge in [0.25, 0.3) is 0 Å². The van der Waals surface area contributed by atoms with Crippen LogP contribution >= 0.6 is 0 Å². The normalized spacial score (nSPS) is 12.2. The molecule has 0 aromatic heterocycles. The Morgan fingerprint density at radius 1 is 1.50 bits per heavy atom. The van der Waals surface area contributed by atoms with Crippen LogP contribution in [0.15, 0.2) is 23.9 Å². The van der Waals surface area contributed by atoms with Crippen LogP contribution in [0, 0.1) is 12.3 Å². The predicted molar refractivity (Wildman–Crippen MR) is 54.6 cm³/mol. The Morgan fingerprint density at radius 2 is 2.08 bits per heavy atom. The molecule has 0 aliphatic rings. The Bertz CT molecular complexity index is 216. The van der Waals surface area contributed by atoms with Crippen LogP contribution in [0.2, 0.25) is 0 Å². The molecule has 12 heavy (non-hydrogen) atoms. The molecule has 0 aliphatic heterocycles. The van der Waals surface area contributed by atoms with Crippen molar-refractivity contribution in [2.75, 3.05) is 7.05 Å². The van der Waals surface area contributed by atoms with Crippen LogP contribution in [0.3, 0.4) is 0 Å². The van der Waals surface area contributed by atoms with E-state index in [0.29, 0.717) is 6.04 Å². The van der Waals surface area contributed by atoms with E-state index in [2.05, 4.69) is 31.7 Å². The molecular formula is C11H17N. The fourth-order valence-electron chi connectivity index (χ4n) is 0.849. The van der Waals surface area contributed by atoms with Crippen LogP contribution < -0.4 is 0 Å². The minimum atomic E-state index is 0.499. The van der Waals surface area contributed by atoms with Crippen molar-refractivity contribution in [3.8, 4) is 12.3 Å². The largest absolute Gasteiger partial charge is 0.372 e. The molecule has 0 saturated heterocycles. The maximum atomic E-state index is 5.13. The third-order valence-electron chi connectivity index (χ3n) is 1.83. The molecule has 0 heterocycles. The number of likely N-dealkylation sites (N-methyl/N-ethyl adjacent to an activating group) is 1. The van der Waals surface area contributed by atoms with Crippen molar-refractivity contribution in [1.82, 2.24) is 4.90 Å². The summed E-state index contributed by atoms with van der Waals surface area (Å²) in [5.41, 5.74) is 1.16. The van der Waals surface area contributed by atoms with E-state index >= 15 is 0 Å². The van der Waals surface area contributed by atoms with Crippen LogP contribution in [0.5, 0.6) is 0 Å². The van der Waals surface area contributed by atoms with E-state index < -0.39 is 0 Å². The van der Waals surface area contributed by atoms with Crippen LogP contribution in [0.1, 0.15) is 20.8 Å². The van der Waals surface area contributed by atoms with Gasteiger partial charge in [0.05, 0.1) is 0 Å². The van der Waals surface area contributed by atoms with E-state index in [1.165, 1.54) is 0 Å².